The molecule has 2 aromatic heterocycles. The van der Waals surface area contributed by atoms with Crippen LogP contribution in [-0.2, 0) is 5.41 Å². The van der Waals surface area contributed by atoms with Gasteiger partial charge in [0.1, 0.15) is 16.2 Å². The van der Waals surface area contributed by atoms with Crippen molar-refractivity contribution in [3.8, 4) is 45.3 Å². The third-order valence-electron chi connectivity index (χ3n) is 11.3. The predicted molar refractivity (Wildman–Crippen MR) is 226 cm³/mol. The molecule has 1 unspecified atom stereocenters. The van der Waals surface area contributed by atoms with Crippen LogP contribution >= 0.6 is 11.8 Å². The molecule has 0 amide bonds. The molecule has 0 bridgehead atoms. The summed E-state index contributed by atoms with van der Waals surface area (Å²) in [5, 5.41) is 3.21. The largest absolute Gasteiger partial charge is 0.455 e. The lowest BCUT2D eigenvalue weighted by molar-refractivity contribution is 0.650. The van der Waals surface area contributed by atoms with Crippen molar-refractivity contribution >= 4 is 44.3 Å². The number of benzene rings is 6. The summed E-state index contributed by atoms with van der Waals surface area (Å²) in [6.45, 7) is 4.68. The van der Waals surface area contributed by atoms with Crippen LogP contribution in [0.25, 0.3) is 72.8 Å². The van der Waals surface area contributed by atoms with Crippen LogP contribution in [0, 0.1) is 0 Å². The molecule has 8 aromatic rings. The number of furan rings is 1. The summed E-state index contributed by atoms with van der Waals surface area (Å²) >= 11 is 1.84. The highest BCUT2D eigenvalue weighted by molar-refractivity contribution is 8.18. The number of thioether (sulfide) groups is 1. The van der Waals surface area contributed by atoms with E-state index in [1.807, 2.05) is 42.1 Å². The van der Waals surface area contributed by atoms with E-state index in [1.54, 1.807) is 0 Å². The van der Waals surface area contributed by atoms with Crippen molar-refractivity contribution in [2.75, 3.05) is 0 Å². The van der Waals surface area contributed by atoms with Crippen molar-refractivity contribution in [1.82, 2.24) is 15.0 Å². The van der Waals surface area contributed by atoms with E-state index in [4.69, 9.17) is 24.4 Å². The minimum Gasteiger partial charge on any atom is -0.455 e. The van der Waals surface area contributed by atoms with E-state index in [9.17, 15) is 0 Å². The highest BCUT2D eigenvalue weighted by atomic mass is 32.2. The first kappa shape index (κ1) is 32.1. The molecule has 55 heavy (non-hydrogen) atoms. The van der Waals surface area contributed by atoms with Crippen molar-refractivity contribution < 1.29 is 4.42 Å². The highest BCUT2D eigenvalue weighted by Gasteiger charge is 2.44. The van der Waals surface area contributed by atoms with Crippen molar-refractivity contribution in [3.63, 3.8) is 0 Å². The molecule has 0 saturated heterocycles. The van der Waals surface area contributed by atoms with Crippen LogP contribution in [0.3, 0.4) is 0 Å². The van der Waals surface area contributed by atoms with Gasteiger partial charge in [-0.2, -0.15) is 0 Å². The average Bonchev–Trinajstić information content (AvgIpc) is 3.92. The van der Waals surface area contributed by atoms with E-state index < -0.39 is 0 Å². The zero-order valence-electron chi connectivity index (χ0n) is 30.3. The molecule has 0 spiro atoms. The first-order valence-electron chi connectivity index (χ1n) is 18.7. The number of allylic oxidation sites excluding steroid dienone is 2. The summed E-state index contributed by atoms with van der Waals surface area (Å²) in [7, 11) is 0. The third-order valence-corrected chi connectivity index (χ3v) is 12.5. The number of nitrogens with zero attached hydrogens (tertiary/aromatic N) is 4. The van der Waals surface area contributed by atoms with E-state index in [0.29, 0.717) is 17.5 Å². The summed E-state index contributed by atoms with van der Waals surface area (Å²) in [6.07, 6.45) is 3.34. The average molecular weight is 727 g/mol. The molecule has 2 aliphatic carbocycles. The van der Waals surface area contributed by atoms with Crippen molar-refractivity contribution in [3.05, 3.63) is 179 Å². The second-order valence-corrected chi connectivity index (χ2v) is 16.0. The van der Waals surface area contributed by atoms with Gasteiger partial charge >= 0.3 is 0 Å². The van der Waals surface area contributed by atoms with Gasteiger partial charge in [-0.25, -0.2) is 15.0 Å². The number of hydrogen-bond acceptors (Lipinski definition) is 6. The Morgan fingerprint density at radius 3 is 2.02 bits per heavy atom. The van der Waals surface area contributed by atoms with Gasteiger partial charge in [-0.1, -0.05) is 159 Å². The molecule has 11 rings (SSSR count). The van der Waals surface area contributed by atoms with E-state index >= 15 is 0 Å². The fourth-order valence-corrected chi connectivity index (χ4v) is 9.73. The topological polar surface area (TPSA) is 64.2 Å². The van der Waals surface area contributed by atoms with Gasteiger partial charge in [0.25, 0.3) is 0 Å². The maximum Gasteiger partial charge on any atom is 0.167 e. The van der Waals surface area contributed by atoms with E-state index in [-0.39, 0.29) is 11.5 Å². The van der Waals surface area contributed by atoms with Gasteiger partial charge in [-0.15, -0.1) is 0 Å². The lowest BCUT2D eigenvalue weighted by atomic mass is 9.79. The Kier molecular flexibility index (Phi) is 7.20. The van der Waals surface area contributed by atoms with Crippen LogP contribution in [-0.4, -0.2) is 26.0 Å². The van der Waals surface area contributed by atoms with Gasteiger partial charge in [-0.05, 0) is 58.0 Å². The molecule has 3 heterocycles. The summed E-state index contributed by atoms with van der Waals surface area (Å²) in [5.74, 6) is 1.82. The van der Waals surface area contributed by atoms with Crippen molar-refractivity contribution in [2.45, 2.75) is 31.7 Å². The summed E-state index contributed by atoms with van der Waals surface area (Å²) < 4.78 is 6.48. The molecule has 6 heteroatoms. The number of fused-ring (bicyclic) bond motifs is 7. The molecule has 0 radical (unpaired) electrons. The van der Waals surface area contributed by atoms with Gasteiger partial charge in [0.2, 0.25) is 0 Å². The fourth-order valence-electron chi connectivity index (χ4n) is 8.48. The predicted octanol–water partition coefficient (Wildman–Crippen LogP) is 12.3. The minimum atomic E-state index is -0.194. The van der Waals surface area contributed by atoms with E-state index in [2.05, 4.69) is 135 Å². The second-order valence-electron chi connectivity index (χ2n) is 14.9. The lowest BCUT2D eigenvalue weighted by Crippen LogP contribution is -2.18. The SMILES string of the molecule is CC1(C)C2=CCC3N=C(c4ccccc4)SC3=C2c2ccc(-c3nc(-c4ccc(-c5ccccc5)cc4)nc(-c4cccc5c4oc4ccccc45)n3)cc21. The van der Waals surface area contributed by atoms with Gasteiger partial charge < -0.3 is 4.42 Å². The third kappa shape index (κ3) is 5.16. The Morgan fingerprint density at radius 1 is 0.582 bits per heavy atom. The molecule has 6 aromatic carbocycles. The van der Waals surface area contributed by atoms with E-state index in [0.717, 1.165) is 55.7 Å². The molecular weight excluding hydrogens is 693 g/mol. The summed E-state index contributed by atoms with van der Waals surface area (Å²) in [4.78, 5) is 22.1. The number of hydrogen-bond donors (Lipinski definition) is 0. The normalized spacial score (nSPS) is 16.9. The number of aromatic nitrogens is 3. The quantitative estimate of drug-likeness (QED) is 0.177. The Morgan fingerprint density at radius 2 is 1.22 bits per heavy atom. The first-order valence-corrected chi connectivity index (χ1v) is 19.6. The van der Waals surface area contributed by atoms with Gasteiger partial charge in [0, 0.05) is 37.8 Å². The zero-order chi connectivity index (χ0) is 36.7. The van der Waals surface area contributed by atoms with Crippen molar-refractivity contribution in [2.24, 2.45) is 4.99 Å². The number of para-hydroxylation sites is 2. The zero-order valence-corrected chi connectivity index (χ0v) is 31.1. The summed E-state index contributed by atoms with van der Waals surface area (Å²) in [6, 6.07) is 50.7. The molecule has 0 N–H and O–H groups in total. The monoisotopic (exact) mass is 726 g/mol. The summed E-state index contributed by atoms with van der Waals surface area (Å²) in [5.41, 5.74) is 12.9. The fraction of sp³-hybridized carbons (Fsp3) is 0.102. The smallest absolute Gasteiger partial charge is 0.167 e. The van der Waals surface area contributed by atoms with E-state index in [1.165, 1.54) is 38.3 Å². The van der Waals surface area contributed by atoms with Crippen LogP contribution in [0.1, 0.15) is 37.0 Å². The Hall–Kier alpha value is -6.37. The standard InChI is InChI=1S/C49H34N4OS/c1-49(2)38-26-27-40-44(55-48(50-40)32-14-7-4-8-15-32)42(38)36-25-24-33(28-39(36)49)46-51-45(31-22-20-30(21-23-31)29-12-5-3-6-13-29)52-47(53-46)37-18-11-17-35-34-16-9-10-19-41(34)54-43(35)37/h3-26,28,40H,27H2,1-2H3. The van der Waals surface area contributed by atoms with Crippen LogP contribution in [0.4, 0.5) is 0 Å². The Labute approximate surface area is 323 Å². The van der Waals surface area contributed by atoms with Crippen LogP contribution in [0.5, 0.6) is 0 Å². The number of aliphatic imine (C=N–C) groups is 1. The second kappa shape index (κ2) is 12.3. The Balaban J connectivity index is 1.06. The molecule has 0 fully saturated rings. The van der Waals surface area contributed by atoms with Gasteiger partial charge in [0.05, 0.1) is 11.6 Å². The molecule has 1 aliphatic heterocycles. The van der Waals surface area contributed by atoms with Crippen LogP contribution in [0.2, 0.25) is 0 Å². The van der Waals surface area contributed by atoms with Gasteiger partial charge in [-0.3, -0.25) is 4.99 Å². The molecule has 262 valence electrons. The first-order chi connectivity index (χ1) is 27.0. The molecule has 1 atom stereocenters. The van der Waals surface area contributed by atoms with Crippen molar-refractivity contribution in [1.29, 1.82) is 0 Å². The maximum atomic E-state index is 6.48. The number of rotatable bonds is 5. The minimum absolute atomic E-state index is 0.156. The highest BCUT2D eigenvalue weighted by Crippen LogP contribution is 2.57. The molecule has 5 nitrogen and oxygen atoms in total. The lowest BCUT2D eigenvalue weighted by Gasteiger charge is -2.26. The maximum absolute atomic E-state index is 6.48. The Bertz CT molecular complexity index is 2940. The molecule has 0 saturated carbocycles. The van der Waals surface area contributed by atoms with Crippen LogP contribution in [0.15, 0.2) is 172 Å². The molecule has 3 aliphatic rings. The molecular formula is C49H34N4OS. The van der Waals surface area contributed by atoms with Crippen LogP contribution < -0.4 is 0 Å². The van der Waals surface area contributed by atoms with Gasteiger partial charge in [0.15, 0.2) is 17.5 Å².